The molecule has 1 N–H and O–H groups in total. The van der Waals surface area contributed by atoms with Crippen molar-refractivity contribution < 1.29 is 14.6 Å². The highest BCUT2D eigenvalue weighted by Gasteiger charge is 2.41. The summed E-state index contributed by atoms with van der Waals surface area (Å²) in [7, 11) is 0. The van der Waals surface area contributed by atoms with Crippen LogP contribution in [-0.4, -0.2) is 29.2 Å². The molecule has 0 spiro atoms. The maximum Gasteiger partial charge on any atom is 0.133 e. The first-order chi connectivity index (χ1) is 7.83. The Morgan fingerprint density at radius 1 is 1.47 bits per heavy atom. The molecule has 0 aliphatic heterocycles. The molecule has 100 valence electrons. The number of hydrogen-bond donors (Lipinski definition) is 1. The zero-order valence-corrected chi connectivity index (χ0v) is 11.5. The normalized spacial score (nSPS) is 31.9. The highest BCUT2D eigenvalue weighted by molar-refractivity contribution is 5.79. The second-order valence-electron chi connectivity index (χ2n) is 5.96. The van der Waals surface area contributed by atoms with E-state index in [0.29, 0.717) is 31.8 Å². The van der Waals surface area contributed by atoms with Crippen molar-refractivity contribution in [3.05, 3.63) is 0 Å². The number of rotatable bonds is 5. The van der Waals surface area contributed by atoms with Gasteiger partial charge in [0.25, 0.3) is 0 Å². The summed E-state index contributed by atoms with van der Waals surface area (Å²) >= 11 is 0. The van der Waals surface area contributed by atoms with Gasteiger partial charge in [-0.05, 0) is 32.6 Å². The van der Waals surface area contributed by atoms with E-state index < -0.39 is 5.60 Å². The molecular weight excluding hydrogens is 216 g/mol. The Morgan fingerprint density at radius 3 is 2.71 bits per heavy atom. The second kappa shape index (κ2) is 5.96. The Kier molecular flexibility index (Phi) is 5.14. The molecule has 0 aromatic carbocycles. The molecule has 1 rings (SSSR count). The Balaban J connectivity index is 2.47. The van der Waals surface area contributed by atoms with Crippen LogP contribution < -0.4 is 0 Å². The minimum Gasteiger partial charge on any atom is -0.390 e. The van der Waals surface area contributed by atoms with Crippen molar-refractivity contribution in [3.63, 3.8) is 0 Å². The molecule has 3 heteroatoms. The molecular formula is C14H26O3. The van der Waals surface area contributed by atoms with E-state index in [1.54, 1.807) is 0 Å². The summed E-state index contributed by atoms with van der Waals surface area (Å²) in [5.74, 6) is 0.812. The van der Waals surface area contributed by atoms with Gasteiger partial charge in [0.05, 0.1) is 11.7 Å². The van der Waals surface area contributed by atoms with Crippen LogP contribution in [0.5, 0.6) is 0 Å². The monoisotopic (exact) mass is 242 g/mol. The molecule has 2 unspecified atom stereocenters. The van der Waals surface area contributed by atoms with Gasteiger partial charge in [0, 0.05) is 25.4 Å². The molecule has 0 amide bonds. The molecule has 0 aromatic rings. The summed E-state index contributed by atoms with van der Waals surface area (Å²) in [6.07, 6.45) is 2.49. The number of ether oxygens (including phenoxy) is 1. The van der Waals surface area contributed by atoms with E-state index >= 15 is 0 Å². The highest BCUT2D eigenvalue weighted by Crippen LogP contribution is 2.35. The van der Waals surface area contributed by atoms with Crippen LogP contribution in [0.25, 0.3) is 0 Å². The van der Waals surface area contributed by atoms with E-state index in [2.05, 4.69) is 13.8 Å². The molecule has 0 saturated heterocycles. The van der Waals surface area contributed by atoms with Gasteiger partial charge < -0.3 is 9.84 Å². The van der Waals surface area contributed by atoms with Crippen molar-refractivity contribution in [1.82, 2.24) is 0 Å². The van der Waals surface area contributed by atoms with E-state index in [1.807, 2.05) is 13.8 Å². The van der Waals surface area contributed by atoms with E-state index in [0.717, 1.165) is 6.42 Å². The molecule has 0 heterocycles. The first kappa shape index (κ1) is 14.7. The minimum absolute atomic E-state index is 0.0481. The zero-order chi connectivity index (χ0) is 13.1. The molecule has 1 saturated carbocycles. The van der Waals surface area contributed by atoms with Gasteiger partial charge in [-0.25, -0.2) is 0 Å². The van der Waals surface area contributed by atoms with Gasteiger partial charge in [0.15, 0.2) is 0 Å². The topological polar surface area (TPSA) is 46.5 Å². The molecule has 0 bridgehead atoms. The van der Waals surface area contributed by atoms with Gasteiger partial charge in [0.2, 0.25) is 0 Å². The van der Waals surface area contributed by atoms with Crippen LogP contribution in [0.15, 0.2) is 0 Å². The minimum atomic E-state index is -0.759. The zero-order valence-electron chi connectivity index (χ0n) is 11.5. The van der Waals surface area contributed by atoms with Crippen LogP contribution in [0.1, 0.15) is 53.4 Å². The summed E-state index contributed by atoms with van der Waals surface area (Å²) in [5, 5.41) is 10.3. The van der Waals surface area contributed by atoms with Crippen LogP contribution >= 0.6 is 0 Å². The molecule has 1 aliphatic carbocycles. The van der Waals surface area contributed by atoms with E-state index in [9.17, 15) is 9.90 Å². The lowest BCUT2D eigenvalue weighted by molar-refractivity contribution is -0.139. The van der Waals surface area contributed by atoms with E-state index in [1.165, 1.54) is 0 Å². The number of carbonyl (C=O) groups is 1. The number of hydrogen-bond acceptors (Lipinski definition) is 3. The fourth-order valence-electron chi connectivity index (χ4n) is 2.42. The largest absolute Gasteiger partial charge is 0.390 e. The molecule has 3 atom stereocenters. The van der Waals surface area contributed by atoms with E-state index in [-0.39, 0.29) is 17.8 Å². The lowest BCUT2D eigenvalue weighted by Crippen LogP contribution is -2.46. The van der Waals surface area contributed by atoms with Gasteiger partial charge >= 0.3 is 0 Å². The predicted molar refractivity (Wildman–Crippen MR) is 67.8 cm³/mol. The number of carbonyl (C=O) groups excluding carboxylic acids is 1. The van der Waals surface area contributed by atoms with Gasteiger partial charge in [0.1, 0.15) is 5.78 Å². The van der Waals surface area contributed by atoms with Crippen LogP contribution in [0.3, 0.4) is 0 Å². The van der Waals surface area contributed by atoms with Crippen molar-refractivity contribution in [1.29, 1.82) is 0 Å². The summed E-state index contributed by atoms with van der Waals surface area (Å²) < 4.78 is 5.76. The van der Waals surface area contributed by atoms with E-state index in [4.69, 9.17) is 4.74 Å². The quantitative estimate of drug-likeness (QED) is 0.806. The summed E-state index contributed by atoms with van der Waals surface area (Å²) in [6, 6.07) is 0. The van der Waals surface area contributed by atoms with Crippen molar-refractivity contribution in [2.24, 2.45) is 11.8 Å². The summed E-state index contributed by atoms with van der Waals surface area (Å²) in [4.78, 5) is 11.5. The molecule has 1 fully saturated rings. The Labute approximate surface area is 105 Å². The molecule has 1 aliphatic rings. The predicted octanol–water partition coefficient (Wildman–Crippen LogP) is 2.56. The average molecular weight is 242 g/mol. The second-order valence-corrected chi connectivity index (χ2v) is 5.96. The highest BCUT2D eigenvalue weighted by atomic mass is 16.5. The third kappa shape index (κ3) is 4.40. The number of aliphatic hydroxyl groups is 1. The fraction of sp³-hybridized carbons (Fsp3) is 0.929. The number of ketones is 1. The fourth-order valence-corrected chi connectivity index (χ4v) is 2.42. The van der Waals surface area contributed by atoms with Gasteiger partial charge in [-0.1, -0.05) is 13.8 Å². The molecule has 0 radical (unpaired) electrons. The third-order valence-electron chi connectivity index (χ3n) is 3.80. The summed E-state index contributed by atoms with van der Waals surface area (Å²) in [6.45, 7) is 8.83. The first-order valence-electron chi connectivity index (χ1n) is 6.68. The summed E-state index contributed by atoms with van der Waals surface area (Å²) in [5.41, 5.74) is -0.759. The van der Waals surface area contributed by atoms with Crippen LogP contribution in [0.4, 0.5) is 0 Å². The Hall–Kier alpha value is -0.410. The first-order valence-corrected chi connectivity index (χ1v) is 6.68. The standard InChI is InChI=1S/C14H26O3/c1-10(2)6-8-17-11(3)13-9-12(15)5-7-14(13,4)16/h10-11,13,16H,5-9H2,1-4H3/t11?,13?,14-/m1/s1. The van der Waals surface area contributed by atoms with Crippen LogP contribution in [0, 0.1) is 11.8 Å². The maximum atomic E-state index is 11.5. The third-order valence-corrected chi connectivity index (χ3v) is 3.80. The van der Waals surface area contributed by atoms with Crippen LogP contribution in [-0.2, 0) is 9.53 Å². The average Bonchev–Trinajstić information content (AvgIpc) is 2.21. The molecule has 3 nitrogen and oxygen atoms in total. The SMILES string of the molecule is CC(C)CCOC(C)C1CC(=O)CC[C@@]1(C)O. The van der Waals surface area contributed by atoms with Crippen molar-refractivity contribution in [2.45, 2.75) is 65.1 Å². The van der Waals surface area contributed by atoms with Crippen molar-refractivity contribution >= 4 is 5.78 Å². The molecule has 0 aromatic heterocycles. The van der Waals surface area contributed by atoms with Gasteiger partial charge in [-0.15, -0.1) is 0 Å². The Bertz CT molecular complexity index is 258. The van der Waals surface area contributed by atoms with Gasteiger partial charge in [-0.2, -0.15) is 0 Å². The lowest BCUT2D eigenvalue weighted by atomic mass is 9.73. The smallest absolute Gasteiger partial charge is 0.133 e. The maximum absolute atomic E-state index is 11.5. The van der Waals surface area contributed by atoms with Gasteiger partial charge in [-0.3, -0.25) is 4.79 Å². The number of Topliss-reactive ketones (excluding diaryl/α,β-unsaturated/α-hetero) is 1. The van der Waals surface area contributed by atoms with Crippen LogP contribution in [0.2, 0.25) is 0 Å². The van der Waals surface area contributed by atoms with Crippen molar-refractivity contribution in [3.8, 4) is 0 Å². The molecule has 17 heavy (non-hydrogen) atoms. The Morgan fingerprint density at radius 2 is 2.12 bits per heavy atom. The van der Waals surface area contributed by atoms with Crippen molar-refractivity contribution in [2.75, 3.05) is 6.61 Å². The lowest BCUT2D eigenvalue weighted by Gasteiger charge is -2.39.